The van der Waals surface area contributed by atoms with Crippen LogP contribution in [0.4, 0.5) is 17.6 Å². The summed E-state index contributed by atoms with van der Waals surface area (Å²) in [7, 11) is 1.71. The summed E-state index contributed by atoms with van der Waals surface area (Å²) < 4.78 is 56.6. The number of nitrogens with one attached hydrogen (secondary N) is 1. The Balaban J connectivity index is 2.39. The standard InChI is InChI=1S/C13H13F4N3O/c1-3-10(18-2)12-20-19-11(21-12)7-4-5-9(14)8(6-7)13(15,16)17/h4-6,10,18H,3H2,1-2H3. The quantitative estimate of drug-likeness (QED) is 0.877. The Labute approximate surface area is 118 Å². The van der Waals surface area contributed by atoms with E-state index in [0.29, 0.717) is 12.5 Å². The number of aromatic nitrogens is 2. The summed E-state index contributed by atoms with van der Waals surface area (Å²) in [5.74, 6) is -1.15. The average Bonchev–Trinajstić information content (AvgIpc) is 2.89. The van der Waals surface area contributed by atoms with Gasteiger partial charge in [-0.05, 0) is 31.7 Å². The molecule has 0 spiro atoms. The van der Waals surface area contributed by atoms with E-state index in [1.165, 1.54) is 6.07 Å². The van der Waals surface area contributed by atoms with Gasteiger partial charge in [0.1, 0.15) is 5.82 Å². The van der Waals surface area contributed by atoms with Crippen molar-refractivity contribution < 1.29 is 22.0 Å². The van der Waals surface area contributed by atoms with Gasteiger partial charge in [-0.15, -0.1) is 10.2 Å². The van der Waals surface area contributed by atoms with Crippen molar-refractivity contribution in [3.63, 3.8) is 0 Å². The van der Waals surface area contributed by atoms with Gasteiger partial charge in [0.05, 0.1) is 11.6 Å². The van der Waals surface area contributed by atoms with Crippen LogP contribution in [0.25, 0.3) is 11.5 Å². The molecule has 114 valence electrons. The summed E-state index contributed by atoms with van der Waals surface area (Å²) in [6.07, 6.45) is -4.10. The molecule has 0 radical (unpaired) electrons. The lowest BCUT2D eigenvalue weighted by molar-refractivity contribution is -0.139. The molecule has 2 rings (SSSR count). The lowest BCUT2D eigenvalue weighted by Gasteiger charge is -2.09. The number of halogens is 4. The third-order valence-corrected chi connectivity index (χ3v) is 3.01. The second-order valence-electron chi connectivity index (χ2n) is 4.39. The molecule has 8 heteroatoms. The molecule has 0 fully saturated rings. The zero-order chi connectivity index (χ0) is 15.6. The van der Waals surface area contributed by atoms with Gasteiger partial charge in [-0.1, -0.05) is 6.92 Å². The third kappa shape index (κ3) is 3.21. The molecule has 1 aromatic heterocycles. The molecule has 1 unspecified atom stereocenters. The first-order chi connectivity index (χ1) is 9.86. The van der Waals surface area contributed by atoms with Crippen LogP contribution in [0.1, 0.15) is 30.8 Å². The summed E-state index contributed by atoms with van der Waals surface area (Å²) in [5, 5.41) is 10.4. The van der Waals surface area contributed by atoms with Gasteiger partial charge in [0.15, 0.2) is 0 Å². The predicted molar refractivity (Wildman–Crippen MR) is 66.8 cm³/mol. The Hall–Kier alpha value is -1.96. The Morgan fingerprint density at radius 2 is 2.00 bits per heavy atom. The minimum atomic E-state index is -4.78. The highest BCUT2D eigenvalue weighted by molar-refractivity contribution is 5.54. The van der Waals surface area contributed by atoms with Crippen molar-refractivity contribution in [2.24, 2.45) is 0 Å². The van der Waals surface area contributed by atoms with E-state index in [-0.39, 0.29) is 23.4 Å². The van der Waals surface area contributed by atoms with E-state index >= 15 is 0 Å². The van der Waals surface area contributed by atoms with E-state index in [0.717, 1.165) is 6.07 Å². The SMILES string of the molecule is CCC(NC)c1nnc(-c2ccc(F)c(C(F)(F)F)c2)o1. The molecule has 1 N–H and O–H groups in total. The van der Waals surface area contributed by atoms with Gasteiger partial charge >= 0.3 is 6.18 Å². The number of hydrogen-bond donors (Lipinski definition) is 1. The van der Waals surface area contributed by atoms with E-state index in [9.17, 15) is 17.6 Å². The van der Waals surface area contributed by atoms with Crippen LogP contribution in [-0.2, 0) is 6.18 Å². The molecular weight excluding hydrogens is 290 g/mol. The minimum Gasteiger partial charge on any atom is -0.419 e. The topological polar surface area (TPSA) is 51.0 Å². The highest BCUT2D eigenvalue weighted by atomic mass is 19.4. The molecule has 0 aliphatic heterocycles. The fourth-order valence-corrected chi connectivity index (χ4v) is 1.87. The van der Waals surface area contributed by atoms with Crippen LogP contribution < -0.4 is 5.32 Å². The van der Waals surface area contributed by atoms with Gasteiger partial charge in [0.2, 0.25) is 11.8 Å². The highest BCUT2D eigenvalue weighted by Crippen LogP contribution is 2.34. The van der Waals surface area contributed by atoms with E-state index in [1.54, 1.807) is 7.05 Å². The first-order valence-electron chi connectivity index (χ1n) is 6.24. The third-order valence-electron chi connectivity index (χ3n) is 3.01. The Morgan fingerprint density at radius 1 is 1.29 bits per heavy atom. The van der Waals surface area contributed by atoms with Gasteiger partial charge in [-0.25, -0.2) is 4.39 Å². The van der Waals surface area contributed by atoms with Crippen LogP contribution in [0.15, 0.2) is 22.6 Å². The van der Waals surface area contributed by atoms with Gasteiger partial charge < -0.3 is 9.73 Å². The van der Waals surface area contributed by atoms with Crippen LogP contribution >= 0.6 is 0 Å². The zero-order valence-electron chi connectivity index (χ0n) is 11.3. The van der Waals surface area contributed by atoms with Crippen molar-refractivity contribution in [3.8, 4) is 11.5 Å². The normalized spacial score (nSPS) is 13.4. The Morgan fingerprint density at radius 3 is 2.57 bits per heavy atom. The molecule has 0 aliphatic rings. The molecule has 0 amide bonds. The van der Waals surface area contributed by atoms with Crippen molar-refractivity contribution in [3.05, 3.63) is 35.5 Å². The number of rotatable bonds is 4. The summed E-state index contributed by atoms with van der Waals surface area (Å²) in [4.78, 5) is 0. The van der Waals surface area contributed by atoms with Crippen LogP contribution in [-0.4, -0.2) is 17.2 Å². The number of alkyl halides is 3. The molecule has 1 heterocycles. The van der Waals surface area contributed by atoms with E-state index < -0.39 is 17.6 Å². The Kier molecular flexibility index (Phi) is 4.26. The van der Waals surface area contributed by atoms with Crippen LogP contribution in [0, 0.1) is 5.82 Å². The largest absolute Gasteiger partial charge is 0.419 e. The molecular formula is C13H13F4N3O. The molecule has 4 nitrogen and oxygen atoms in total. The molecule has 0 saturated heterocycles. The fraction of sp³-hybridized carbons (Fsp3) is 0.385. The highest BCUT2D eigenvalue weighted by Gasteiger charge is 2.34. The zero-order valence-corrected chi connectivity index (χ0v) is 11.3. The molecule has 0 saturated carbocycles. The maximum Gasteiger partial charge on any atom is 0.419 e. The molecule has 0 bridgehead atoms. The average molecular weight is 303 g/mol. The van der Waals surface area contributed by atoms with E-state index in [4.69, 9.17) is 4.42 Å². The van der Waals surface area contributed by atoms with Crippen molar-refractivity contribution in [1.29, 1.82) is 0 Å². The second kappa shape index (κ2) is 5.80. The summed E-state index contributed by atoms with van der Waals surface area (Å²) in [6.45, 7) is 1.89. The van der Waals surface area contributed by atoms with Gasteiger partial charge in [0.25, 0.3) is 0 Å². The van der Waals surface area contributed by atoms with Gasteiger partial charge in [0, 0.05) is 5.56 Å². The first kappa shape index (κ1) is 15.4. The van der Waals surface area contributed by atoms with Gasteiger partial charge in [-0.2, -0.15) is 13.2 Å². The van der Waals surface area contributed by atoms with Crippen LogP contribution in [0.5, 0.6) is 0 Å². The maximum atomic E-state index is 13.2. The molecule has 0 aliphatic carbocycles. The van der Waals surface area contributed by atoms with E-state index in [1.807, 2.05) is 6.92 Å². The number of benzene rings is 1. The molecule has 1 aromatic carbocycles. The van der Waals surface area contributed by atoms with E-state index in [2.05, 4.69) is 15.5 Å². The van der Waals surface area contributed by atoms with Gasteiger partial charge in [-0.3, -0.25) is 0 Å². The monoisotopic (exact) mass is 303 g/mol. The van der Waals surface area contributed by atoms with Crippen molar-refractivity contribution in [2.75, 3.05) is 7.05 Å². The van der Waals surface area contributed by atoms with Crippen molar-refractivity contribution >= 4 is 0 Å². The van der Waals surface area contributed by atoms with Crippen molar-refractivity contribution in [1.82, 2.24) is 15.5 Å². The van der Waals surface area contributed by atoms with Crippen molar-refractivity contribution in [2.45, 2.75) is 25.6 Å². The van der Waals surface area contributed by atoms with Crippen LogP contribution in [0.3, 0.4) is 0 Å². The first-order valence-corrected chi connectivity index (χ1v) is 6.24. The molecule has 1 atom stereocenters. The van der Waals surface area contributed by atoms with Crippen LogP contribution in [0.2, 0.25) is 0 Å². The number of nitrogens with zero attached hydrogens (tertiary/aromatic N) is 2. The lowest BCUT2D eigenvalue weighted by atomic mass is 10.1. The maximum absolute atomic E-state index is 13.2. The fourth-order valence-electron chi connectivity index (χ4n) is 1.87. The number of hydrogen-bond acceptors (Lipinski definition) is 4. The minimum absolute atomic E-state index is 0.0217. The summed E-state index contributed by atoms with van der Waals surface area (Å²) >= 11 is 0. The smallest absolute Gasteiger partial charge is 0.419 e. The second-order valence-corrected chi connectivity index (χ2v) is 4.39. The summed E-state index contributed by atoms with van der Waals surface area (Å²) in [5.41, 5.74) is -1.34. The predicted octanol–water partition coefficient (Wildman–Crippen LogP) is 3.57. The summed E-state index contributed by atoms with van der Waals surface area (Å²) in [6, 6.07) is 2.38. The molecule has 2 aromatic rings. The lowest BCUT2D eigenvalue weighted by Crippen LogP contribution is -2.15. The Bertz CT molecular complexity index is 620. The molecule has 21 heavy (non-hydrogen) atoms.